The largest absolute Gasteiger partial charge is 0.478 e. The van der Waals surface area contributed by atoms with Gasteiger partial charge in [-0.3, -0.25) is 0 Å². The van der Waals surface area contributed by atoms with Gasteiger partial charge >= 0.3 is 5.97 Å². The number of aliphatic carboxylic acids is 1. The minimum atomic E-state index is -3.33. The molecule has 0 fully saturated rings. The maximum Gasteiger partial charge on any atom is 0.330 e. The van der Waals surface area contributed by atoms with Crippen LogP contribution in [0, 0.1) is 6.92 Å². The Hall–Kier alpha value is -1.62. The van der Waals surface area contributed by atoms with Gasteiger partial charge in [0.25, 0.3) is 0 Å². The Morgan fingerprint density at radius 2 is 1.83 bits per heavy atom. The van der Waals surface area contributed by atoms with E-state index < -0.39 is 15.8 Å². The number of aryl methyl sites for hydroxylation is 1. The van der Waals surface area contributed by atoms with Crippen molar-refractivity contribution in [3.63, 3.8) is 0 Å². The van der Waals surface area contributed by atoms with Gasteiger partial charge < -0.3 is 5.11 Å². The molecule has 0 aliphatic carbocycles. The SMILES string of the molecule is C=C(CCCS(=O)(=O)c1ccc(C)cc1)C(=O)O. The van der Waals surface area contributed by atoms with Crippen LogP contribution in [-0.4, -0.2) is 25.2 Å². The molecule has 0 spiro atoms. The lowest BCUT2D eigenvalue weighted by Crippen LogP contribution is -2.08. The summed E-state index contributed by atoms with van der Waals surface area (Å²) in [6.07, 6.45) is 0.446. The smallest absolute Gasteiger partial charge is 0.330 e. The van der Waals surface area contributed by atoms with Crippen LogP contribution in [0.15, 0.2) is 41.3 Å². The first-order valence-corrected chi connectivity index (χ1v) is 7.18. The molecule has 1 aromatic carbocycles. The zero-order chi connectivity index (χ0) is 13.8. The lowest BCUT2D eigenvalue weighted by Gasteiger charge is -2.05. The van der Waals surface area contributed by atoms with Gasteiger partial charge in [-0.25, -0.2) is 13.2 Å². The molecule has 0 heterocycles. The predicted molar refractivity (Wildman–Crippen MR) is 69.2 cm³/mol. The summed E-state index contributed by atoms with van der Waals surface area (Å²) in [6, 6.07) is 6.61. The maximum absolute atomic E-state index is 11.9. The third kappa shape index (κ3) is 4.00. The molecule has 0 aliphatic heterocycles. The van der Waals surface area contributed by atoms with E-state index in [4.69, 9.17) is 5.11 Å². The molecule has 0 bridgehead atoms. The molecule has 5 heteroatoms. The summed E-state index contributed by atoms with van der Waals surface area (Å²) in [4.78, 5) is 10.8. The zero-order valence-corrected chi connectivity index (χ0v) is 11.0. The highest BCUT2D eigenvalue weighted by Crippen LogP contribution is 2.14. The molecule has 0 atom stereocenters. The van der Waals surface area contributed by atoms with Crippen molar-refractivity contribution in [3.05, 3.63) is 42.0 Å². The first kappa shape index (κ1) is 14.4. The summed E-state index contributed by atoms with van der Waals surface area (Å²) in [5, 5.41) is 8.61. The third-order valence-electron chi connectivity index (χ3n) is 2.57. The predicted octanol–water partition coefficient (Wildman–Crippen LogP) is 2.19. The lowest BCUT2D eigenvalue weighted by molar-refractivity contribution is -0.132. The van der Waals surface area contributed by atoms with Gasteiger partial charge in [0.15, 0.2) is 9.84 Å². The van der Waals surface area contributed by atoms with E-state index in [1.54, 1.807) is 24.3 Å². The Labute approximate surface area is 107 Å². The fraction of sp³-hybridized carbons (Fsp3) is 0.308. The first-order chi connectivity index (χ1) is 8.33. The van der Waals surface area contributed by atoms with Crippen LogP contribution in [0.4, 0.5) is 0 Å². The summed E-state index contributed by atoms with van der Waals surface area (Å²) in [5.41, 5.74) is 1.03. The second-order valence-corrected chi connectivity index (χ2v) is 6.25. The van der Waals surface area contributed by atoms with Crippen LogP contribution in [-0.2, 0) is 14.6 Å². The van der Waals surface area contributed by atoms with Gasteiger partial charge in [0, 0.05) is 5.57 Å². The Morgan fingerprint density at radius 1 is 1.28 bits per heavy atom. The molecule has 0 aliphatic rings. The van der Waals surface area contributed by atoms with E-state index in [-0.39, 0.29) is 29.1 Å². The highest BCUT2D eigenvalue weighted by Gasteiger charge is 2.14. The van der Waals surface area contributed by atoms with Crippen molar-refractivity contribution in [1.29, 1.82) is 0 Å². The number of carbonyl (C=O) groups is 1. The standard InChI is InChI=1S/C13H16O4S/c1-10-5-7-12(8-6-10)18(16,17)9-3-4-11(2)13(14)15/h5-8H,2-4,9H2,1H3,(H,14,15). The first-order valence-electron chi connectivity index (χ1n) is 5.53. The molecule has 1 N–H and O–H groups in total. The molecular weight excluding hydrogens is 252 g/mol. The van der Waals surface area contributed by atoms with Crippen LogP contribution in [0.5, 0.6) is 0 Å². The van der Waals surface area contributed by atoms with Crippen LogP contribution in [0.25, 0.3) is 0 Å². The van der Waals surface area contributed by atoms with Crippen LogP contribution >= 0.6 is 0 Å². The summed E-state index contributed by atoms with van der Waals surface area (Å²) in [5.74, 6) is -1.15. The Balaban J connectivity index is 2.63. The number of hydrogen-bond donors (Lipinski definition) is 1. The molecule has 0 unspecified atom stereocenters. The Morgan fingerprint density at radius 3 is 2.33 bits per heavy atom. The molecular formula is C13H16O4S. The molecule has 1 rings (SSSR count). The van der Waals surface area contributed by atoms with E-state index in [2.05, 4.69) is 6.58 Å². The number of rotatable bonds is 6. The number of carboxylic acids is 1. The second-order valence-electron chi connectivity index (χ2n) is 4.14. The fourth-order valence-corrected chi connectivity index (χ4v) is 2.76. The third-order valence-corrected chi connectivity index (χ3v) is 4.39. The number of benzene rings is 1. The summed E-state index contributed by atoms with van der Waals surface area (Å²) in [6.45, 7) is 5.25. The van der Waals surface area contributed by atoms with Crippen LogP contribution < -0.4 is 0 Å². The molecule has 0 saturated heterocycles. The Kier molecular flexibility index (Phi) is 4.67. The van der Waals surface area contributed by atoms with Gasteiger partial charge in [0.05, 0.1) is 10.6 Å². The van der Waals surface area contributed by atoms with Crippen molar-refractivity contribution in [1.82, 2.24) is 0 Å². The summed E-state index contributed by atoms with van der Waals surface area (Å²) in [7, 11) is -3.33. The molecule has 18 heavy (non-hydrogen) atoms. The molecule has 4 nitrogen and oxygen atoms in total. The van der Waals surface area contributed by atoms with E-state index in [1.807, 2.05) is 6.92 Å². The second kappa shape index (κ2) is 5.82. The van der Waals surface area contributed by atoms with Crippen molar-refractivity contribution in [3.8, 4) is 0 Å². The van der Waals surface area contributed by atoms with E-state index >= 15 is 0 Å². The van der Waals surface area contributed by atoms with Crippen LogP contribution in [0.2, 0.25) is 0 Å². The van der Waals surface area contributed by atoms with Crippen molar-refractivity contribution in [2.75, 3.05) is 5.75 Å². The summed E-state index contributed by atoms with van der Waals surface area (Å²) >= 11 is 0. The lowest BCUT2D eigenvalue weighted by atomic mass is 10.2. The normalized spacial score (nSPS) is 11.2. The van der Waals surface area contributed by atoms with Gasteiger partial charge in [0.1, 0.15) is 0 Å². The van der Waals surface area contributed by atoms with E-state index in [9.17, 15) is 13.2 Å². The van der Waals surface area contributed by atoms with E-state index in [1.165, 1.54) is 0 Å². The molecule has 1 aromatic rings. The topological polar surface area (TPSA) is 71.4 Å². The quantitative estimate of drug-likeness (QED) is 0.803. The average molecular weight is 268 g/mol. The average Bonchev–Trinajstić information content (AvgIpc) is 2.29. The minimum absolute atomic E-state index is 0.0362. The van der Waals surface area contributed by atoms with Gasteiger partial charge in [-0.1, -0.05) is 24.3 Å². The van der Waals surface area contributed by atoms with E-state index in [0.29, 0.717) is 0 Å². The zero-order valence-electron chi connectivity index (χ0n) is 10.2. The van der Waals surface area contributed by atoms with Crippen molar-refractivity contribution < 1.29 is 18.3 Å². The van der Waals surface area contributed by atoms with Crippen LogP contribution in [0.1, 0.15) is 18.4 Å². The number of carboxylic acid groups (broad SMARTS) is 1. The highest BCUT2D eigenvalue weighted by molar-refractivity contribution is 7.91. The highest BCUT2D eigenvalue weighted by atomic mass is 32.2. The fourth-order valence-electron chi connectivity index (χ4n) is 1.45. The molecule has 0 amide bonds. The van der Waals surface area contributed by atoms with Crippen molar-refractivity contribution >= 4 is 15.8 Å². The summed E-state index contributed by atoms with van der Waals surface area (Å²) < 4.78 is 23.8. The monoisotopic (exact) mass is 268 g/mol. The van der Waals surface area contributed by atoms with Crippen molar-refractivity contribution in [2.45, 2.75) is 24.7 Å². The van der Waals surface area contributed by atoms with Gasteiger partial charge in [-0.2, -0.15) is 0 Å². The van der Waals surface area contributed by atoms with Gasteiger partial charge in [0.2, 0.25) is 0 Å². The molecule has 0 saturated carbocycles. The number of sulfone groups is 1. The van der Waals surface area contributed by atoms with Crippen LogP contribution in [0.3, 0.4) is 0 Å². The number of hydrogen-bond acceptors (Lipinski definition) is 3. The van der Waals surface area contributed by atoms with E-state index in [0.717, 1.165) is 5.56 Å². The maximum atomic E-state index is 11.9. The van der Waals surface area contributed by atoms with Gasteiger partial charge in [-0.05, 0) is 31.9 Å². The minimum Gasteiger partial charge on any atom is -0.478 e. The van der Waals surface area contributed by atoms with Crippen molar-refractivity contribution in [2.24, 2.45) is 0 Å². The Bertz CT molecular complexity index is 541. The molecule has 98 valence electrons. The molecule has 0 aromatic heterocycles. The molecule has 0 radical (unpaired) electrons. The van der Waals surface area contributed by atoms with Gasteiger partial charge in [-0.15, -0.1) is 0 Å².